The van der Waals surface area contributed by atoms with Crippen LogP contribution in [-0.2, 0) is 15.5 Å². The molecule has 0 radical (unpaired) electrons. The summed E-state index contributed by atoms with van der Waals surface area (Å²) in [5, 5.41) is 2.76. The number of ether oxygens (including phenoxy) is 1. The van der Waals surface area contributed by atoms with E-state index in [1.807, 2.05) is 0 Å². The summed E-state index contributed by atoms with van der Waals surface area (Å²) in [6.45, 7) is 0. The van der Waals surface area contributed by atoms with Gasteiger partial charge in [-0.1, -0.05) is 0 Å². The average Bonchev–Trinajstić information content (AvgIpc) is 2.61. The third kappa shape index (κ3) is 5.23. The Morgan fingerprint density at radius 1 is 1.10 bits per heavy atom. The standard InChI is InChI=1S/C19H17F3N4O2S/c1-28-16-7-12(20)3-4-13(16)14-8-18(24-9-15(14)21)26-19-6-11(5-17(22)25-19)10-29(2,23)27/h3-9,23H,10H2,1-2H3,(H,24,25,26). The van der Waals surface area contributed by atoms with Gasteiger partial charge in [0.1, 0.15) is 29.0 Å². The second-order valence-electron chi connectivity index (χ2n) is 6.35. The van der Waals surface area contributed by atoms with E-state index in [4.69, 9.17) is 9.52 Å². The third-order valence-electron chi connectivity index (χ3n) is 3.86. The van der Waals surface area contributed by atoms with Gasteiger partial charge >= 0.3 is 0 Å². The lowest BCUT2D eigenvalue weighted by Gasteiger charge is -2.12. The first-order valence-electron chi connectivity index (χ1n) is 8.29. The molecule has 2 aromatic heterocycles. The third-order valence-corrected chi connectivity index (χ3v) is 4.75. The van der Waals surface area contributed by atoms with E-state index in [1.54, 1.807) is 0 Å². The summed E-state index contributed by atoms with van der Waals surface area (Å²) in [6, 6.07) is 7.56. The molecule has 2 heterocycles. The van der Waals surface area contributed by atoms with Crippen molar-refractivity contribution >= 4 is 21.4 Å². The van der Waals surface area contributed by atoms with Gasteiger partial charge in [-0.05, 0) is 35.9 Å². The lowest BCUT2D eigenvalue weighted by atomic mass is 10.0. The van der Waals surface area contributed by atoms with Crippen molar-refractivity contribution in [2.24, 2.45) is 0 Å². The van der Waals surface area contributed by atoms with Crippen molar-refractivity contribution < 1.29 is 22.1 Å². The summed E-state index contributed by atoms with van der Waals surface area (Å²) in [5.74, 6) is -1.81. The van der Waals surface area contributed by atoms with Crippen LogP contribution in [0.5, 0.6) is 5.75 Å². The molecular formula is C19H17F3N4O2S. The van der Waals surface area contributed by atoms with Crippen LogP contribution in [0.4, 0.5) is 24.8 Å². The quantitative estimate of drug-likeness (QED) is 0.572. The number of rotatable bonds is 6. The van der Waals surface area contributed by atoms with Crippen LogP contribution in [0.25, 0.3) is 11.1 Å². The monoisotopic (exact) mass is 422 g/mol. The molecule has 0 aliphatic carbocycles. The van der Waals surface area contributed by atoms with Crippen LogP contribution < -0.4 is 10.1 Å². The number of pyridine rings is 2. The van der Waals surface area contributed by atoms with Crippen molar-refractivity contribution in [3.8, 4) is 16.9 Å². The number of halogens is 3. The number of benzene rings is 1. The van der Waals surface area contributed by atoms with E-state index in [-0.39, 0.29) is 28.7 Å². The zero-order valence-electron chi connectivity index (χ0n) is 15.5. The summed E-state index contributed by atoms with van der Waals surface area (Å²) >= 11 is 0. The minimum absolute atomic E-state index is 0.0554. The highest BCUT2D eigenvalue weighted by molar-refractivity contribution is 7.90. The van der Waals surface area contributed by atoms with Crippen molar-refractivity contribution in [2.75, 3.05) is 18.7 Å². The number of hydrogen-bond donors (Lipinski definition) is 2. The Labute approximate surface area is 165 Å². The van der Waals surface area contributed by atoms with Gasteiger partial charge in [-0.15, -0.1) is 0 Å². The molecule has 0 spiro atoms. The molecule has 0 saturated heterocycles. The second kappa shape index (κ2) is 8.08. The Balaban J connectivity index is 1.97. The normalized spacial score (nSPS) is 13.0. The highest BCUT2D eigenvalue weighted by Crippen LogP contribution is 2.33. The first-order valence-corrected chi connectivity index (χ1v) is 10.4. The summed E-state index contributed by atoms with van der Waals surface area (Å²) < 4.78 is 65.9. The van der Waals surface area contributed by atoms with Gasteiger partial charge in [0.2, 0.25) is 5.95 Å². The fourth-order valence-corrected chi connectivity index (χ4v) is 3.55. The van der Waals surface area contributed by atoms with Gasteiger partial charge in [-0.25, -0.2) is 23.0 Å². The SMILES string of the molecule is COc1cc(F)ccc1-c1cc(Nc2cc(CS(C)(=N)=O)cc(F)n2)ncc1F. The maximum absolute atomic E-state index is 14.4. The zero-order chi connectivity index (χ0) is 21.2. The molecule has 0 saturated carbocycles. The van der Waals surface area contributed by atoms with Crippen molar-refractivity contribution in [1.82, 2.24) is 9.97 Å². The fourth-order valence-electron chi connectivity index (χ4n) is 2.75. The molecule has 2 N–H and O–H groups in total. The van der Waals surface area contributed by atoms with Crippen LogP contribution in [0, 0.1) is 22.4 Å². The predicted molar refractivity (Wildman–Crippen MR) is 104 cm³/mol. The Hall–Kier alpha value is -3.14. The van der Waals surface area contributed by atoms with Gasteiger partial charge in [0.15, 0.2) is 0 Å². The van der Waals surface area contributed by atoms with E-state index >= 15 is 0 Å². The molecule has 0 fully saturated rings. The van der Waals surface area contributed by atoms with Gasteiger partial charge in [-0.2, -0.15) is 4.39 Å². The van der Waals surface area contributed by atoms with Crippen molar-refractivity contribution in [2.45, 2.75) is 5.75 Å². The van der Waals surface area contributed by atoms with E-state index in [9.17, 15) is 17.4 Å². The minimum Gasteiger partial charge on any atom is -0.496 e. The van der Waals surface area contributed by atoms with E-state index in [0.717, 1.165) is 18.3 Å². The number of nitrogens with zero attached hydrogens (tertiary/aromatic N) is 2. The molecule has 0 aliphatic rings. The lowest BCUT2D eigenvalue weighted by Crippen LogP contribution is -2.04. The minimum atomic E-state index is -2.88. The summed E-state index contributed by atoms with van der Waals surface area (Å²) in [7, 11) is -1.54. The van der Waals surface area contributed by atoms with Crippen LogP contribution in [0.1, 0.15) is 5.56 Å². The summed E-state index contributed by atoms with van der Waals surface area (Å²) in [5.41, 5.74) is 0.730. The lowest BCUT2D eigenvalue weighted by molar-refractivity contribution is 0.412. The van der Waals surface area contributed by atoms with Gasteiger partial charge in [0, 0.05) is 33.2 Å². The van der Waals surface area contributed by atoms with E-state index < -0.39 is 27.3 Å². The molecule has 3 rings (SSSR count). The smallest absolute Gasteiger partial charge is 0.215 e. The highest BCUT2D eigenvalue weighted by Gasteiger charge is 2.14. The largest absolute Gasteiger partial charge is 0.496 e. The highest BCUT2D eigenvalue weighted by atomic mass is 32.2. The van der Waals surface area contributed by atoms with E-state index in [1.165, 1.54) is 37.6 Å². The topological polar surface area (TPSA) is 88.0 Å². The van der Waals surface area contributed by atoms with Gasteiger partial charge in [0.05, 0.1) is 19.1 Å². The summed E-state index contributed by atoms with van der Waals surface area (Å²) in [6.07, 6.45) is 2.21. The van der Waals surface area contributed by atoms with Crippen molar-refractivity contribution in [1.29, 1.82) is 4.78 Å². The maximum atomic E-state index is 14.4. The molecule has 29 heavy (non-hydrogen) atoms. The predicted octanol–water partition coefficient (Wildman–Crippen LogP) is 4.49. The Morgan fingerprint density at radius 3 is 2.55 bits per heavy atom. The van der Waals surface area contributed by atoms with E-state index in [2.05, 4.69) is 15.3 Å². The van der Waals surface area contributed by atoms with Gasteiger partial charge in [0.25, 0.3) is 0 Å². The molecule has 0 amide bonds. The molecule has 1 unspecified atom stereocenters. The molecule has 0 bridgehead atoms. The summed E-state index contributed by atoms with van der Waals surface area (Å²) in [4.78, 5) is 7.60. The van der Waals surface area contributed by atoms with Crippen LogP contribution >= 0.6 is 0 Å². The molecule has 152 valence electrons. The molecular weight excluding hydrogens is 405 g/mol. The molecule has 0 aliphatic heterocycles. The van der Waals surface area contributed by atoms with Crippen LogP contribution in [0.15, 0.2) is 42.6 Å². The van der Waals surface area contributed by atoms with Crippen LogP contribution in [-0.4, -0.2) is 27.5 Å². The molecule has 1 aromatic carbocycles. The van der Waals surface area contributed by atoms with Crippen LogP contribution in [0.2, 0.25) is 0 Å². The van der Waals surface area contributed by atoms with Crippen LogP contribution in [0.3, 0.4) is 0 Å². The number of methoxy groups -OCH3 is 1. The molecule has 10 heteroatoms. The maximum Gasteiger partial charge on any atom is 0.215 e. The molecule has 6 nitrogen and oxygen atoms in total. The molecule has 3 aromatic rings. The van der Waals surface area contributed by atoms with Gasteiger partial charge in [-0.3, -0.25) is 4.78 Å². The van der Waals surface area contributed by atoms with E-state index in [0.29, 0.717) is 11.1 Å². The number of nitrogens with one attached hydrogen (secondary N) is 2. The zero-order valence-corrected chi connectivity index (χ0v) is 16.3. The molecule has 1 atom stereocenters. The average molecular weight is 422 g/mol. The Bertz CT molecular complexity index is 1170. The van der Waals surface area contributed by atoms with Gasteiger partial charge < -0.3 is 10.1 Å². The number of hydrogen-bond acceptors (Lipinski definition) is 6. The second-order valence-corrected chi connectivity index (χ2v) is 8.65. The first-order chi connectivity index (χ1) is 13.6. The number of aromatic nitrogens is 2. The van der Waals surface area contributed by atoms with Crippen molar-refractivity contribution in [3.63, 3.8) is 0 Å². The fraction of sp³-hybridized carbons (Fsp3) is 0.158. The Morgan fingerprint density at radius 2 is 1.86 bits per heavy atom. The first kappa shape index (κ1) is 20.6. The van der Waals surface area contributed by atoms with Crippen molar-refractivity contribution in [3.05, 3.63) is 65.7 Å². The number of anilines is 2. The Kier molecular flexibility index (Phi) is 5.73.